The quantitative estimate of drug-likeness (QED) is 0.232. The van der Waals surface area contributed by atoms with E-state index in [-0.39, 0.29) is 57.6 Å². The molecule has 2 aromatic carbocycles. The second-order valence-corrected chi connectivity index (χ2v) is 10.5. The topological polar surface area (TPSA) is 115 Å². The van der Waals surface area contributed by atoms with Crippen LogP contribution in [0.5, 0.6) is 0 Å². The first-order valence-corrected chi connectivity index (χ1v) is 14.4. The molecule has 44 heavy (non-hydrogen) atoms. The molecular formula is C32H37FN6O5. The molecule has 2 heterocycles. The predicted molar refractivity (Wildman–Crippen MR) is 161 cm³/mol. The maximum absolute atomic E-state index is 14.0. The number of rotatable bonds is 11. The number of hydrazine groups is 1. The number of benzene rings is 2. The van der Waals surface area contributed by atoms with Gasteiger partial charge in [0.15, 0.2) is 0 Å². The van der Waals surface area contributed by atoms with Gasteiger partial charge >= 0.3 is 12.1 Å². The number of amides is 5. The van der Waals surface area contributed by atoms with Crippen molar-refractivity contribution in [1.29, 1.82) is 0 Å². The van der Waals surface area contributed by atoms with Gasteiger partial charge in [0, 0.05) is 13.1 Å². The van der Waals surface area contributed by atoms with Crippen molar-refractivity contribution in [3.63, 3.8) is 0 Å². The van der Waals surface area contributed by atoms with Gasteiger partial charge in [-0.25, -0.2) is 19.0 Å². The van der Waals surface area contributed by atoms with Gasteiger partial charge in [0.25, 0.3) is 0 Å². The van der Waals surface area contributed by atoms with E-state index in [1.165, 1.54) is 33.1 Å². The largest absolute Gasteiger partial charge is 0.445 e. The number of halogens is 1. The van der Waals surface area contributed by atoms with Gasteiger partial charge in [-0.1, -0.05) is 61.0 Å². The molecule has 1 unspecified atom stereocenters. The fourth-order valence-corrected chi connectivity index (χ4v) is 5.47. The molecule has 2 aliphatic heterocycles. The standard InChI is InChI=1S/C32H37FN6O5/c1-4-18-36-22-29(40)38-27(12-9-17-34-32(43)44-19-5-2)30(41)37(23(3)25-13-15-26(33)16-14-25)21-28(38)39(36)31(42)35-20-24-10-7-6-8-11-24/h1,5-8,10-11,13-16,23,27-28H,2,9,12,17-22H2,3H3,(H,34,43)(H,35,42)/t23?,27-,28-/m0/s1. The monoisotopic (exact) mass is 604 g/mol. The van der Waals surface area contributed by atoms with Crippen molar-refractivity contribution in [2.24, 2.45) is 0 Å². The van der Waals surface area contributed by atoms with Crippen LogP contribution in [0.3, 0.4) is 0 Å². The van der Waals surface area contributed by atoms with Crippen molar-refractivity contribution in [2.45, 2.75) is 44.6 Å². The minimum Gasteiger partial charge on any atom is -0.445 e. The van der Waals surface area contributed by atoms with E-state index >= 15 is 0 Å². The van der Waals surface area contributed by atoms with E-state index in [2.05, 4.69) is 23.1 Å². The molecule has 4 rings (SSSR count). The third kappa shape index (κ3) is 7.54. The smallest absolute Gasteiger partial charge is 0.407 e. The van der Waals surface area contributed by atoms with Crippen LogP contribution in [0.25, 0.3) is 0 Å². The van der Waals surface area contributed by atoms with E-state index in [1.807, 2.05) is 37.3 Å². The zero-order valence-electron chi connectivity index (χ0n) is 24.7. The number of urea groups is 1. The molecule has 0 saturated carbocycles. The molecule has 3 atom stereocenters. The number of nitrogens with one attached hydrogen (secondary N) is 2. The third-order valence-electron chi connectivity index (χ3n) is 7.62. The predicted octanol–water partition coefficient (Wildman–Crippen LogP) is 3.02. The summed E-state index contributed by atoms with van der Waals surface area (Å²) in [6.45, 7) is 5.63. The van der Waals surface area contributed by atoms with Gasteiger partial charge in [-0.2, -0.15) is 5.01 Å². The number of nitrogens with zero attached hydrogens (tertiary/aromatic N) is 4. The third-order valence-corrected chi connectivity index (χ3v) is 7.62. The van der Waals surface area contributed by atoms with Gasteiger partial charge < -0.3 is 25.2 Å². The van der Waals surface area contributed by atoms with Crippen LogP contribution in [0.4, 0.5) is 14.0 Å². The van der Waals surface area contributed by atoms with Gasteiger partial charge in [0.1, 0.15) is 24.6 Å². The van der Waals surface area contributed by atoms with Crippen LogP contribution in [0.15, 0.2) is 67.3 Å². The van der Waals surface area contributed by atoms with Gasteiger partial charge in [0.05, 0.1) is 25.7 Å². The van der Waals surface area contributed by atoms with Gasteiger partial charge in [-0.15, -0.1) is 6.42 Å². The van der Waals surface area contributed by atoms with E-state index in [0.717, 1.165) is 5.56 Å². The Morgan fingerprint density at radius 2 is 1.89 bits per heavy atom. The van der Waals surface area contributed by atoms with Crippen LogP contribution in [0.2, 0.25) is 0 Å². The average Bonchev–Trinajstić information content (AvgIpc) is 3.02. The molecule has 2 N–H and O–H groups in total. The molecule has 232 valence electrons. The zero-order valence-corrected chi connectivity index (χ0v) is 24.7. The van der Waals surface area contributed by atoms with Crippen molar-refractivity contribution in [2.75, 3.05) is 32.8 Å². The Bertz CT molecular complexity index is 1380. The summed E-state index contributed by atoms with van der Waals surface area (Å²) in [6.07, 6.45) is 6.16. The number of fused-ring (bicyclic) bond motifs is 1. The van der Waals surface area contributed by atoms with E-state index in [4.69, 9.17) is 11.2 Å². The van der Waals surface area contributed by atoms with E-state index < -0.39 is 36.2 Å². The number of alkyl carbamates (subject to hydrolysis) is 1. The summed E-state index contributed by atoms with van der Waals surface area (Å²) in [5, 5.41) is 8.48. The molecule has 5 amide bonds. The number of ether oxygens (including phenoxy) is 1. The number of hydrogen-bond donors (Lipinski definition) is 2. The summed E-state index contributed by atoms with van der Waals surface area (Å²) in [5.41, 5.74) is 1.58. The number of carbonyl (C=O) groups is 4. The summed E-state index contributed by atoms with van der Waals surface area (Å²) < 4.78 is 18.6. The highest BCUT2D eigenvalue weighted by Crippen LogP contribution is 2.33. The summed E-state index contributed by atoms with van der Waals surface area (Å²) in [4.78, 5) is 56.4. The molecule has 0 aliphatic carbocycles. The summed E-state index contributed by atoms with van der Waals surface area (Å²) in [7, 11) is 0. The highest BCUT2D eigenvalue weighted by molar-refractivity contribution is 5.91. The van der Waals surface area contributed by atoms with E-state index in [9.17, 15) is 23.6 Å². The molecule has 12 heteroatoms. The molecule has 2 aliphatic rings. The Balaban J connectivity index is 1.62. The second-order valence-electron chi connectivity index (χ2n) is 10.5. The molecule has 0 aromatic heterocycles. The van der Waals surface area contributed by atoms with Crippen LogP contribution < -0.4 is 10.6 Å². The summed E-state index contributed by atoms with van der Waals surface area (Å²) in [6, 6.07) is 13.4. The van der Waals surface area contributed by atoms with Crippen LogP contribution in [-0.2, 0) is 20.9 Å². The molecule has 0 spiro atoms. The highest BCUT2D eigenvalue weighted by Gasteiger charge is 2.52. The number of piperazine rings is 1. The maximum Gasteiger partial charge on any atom is 0.407 e. The Morgan fingerprint density at radius 1 is 1.16 bits per heavy atom. The second kappa shape index (κ2) is 15.0. The highest BCUT2D eigenvalue weighted by atomic mass is 19.1. The van der Waals surface area contributed by atoms with Crippen LogP contribution in [-0.4, -0.2) is 88.7 Å². The lowest BCUT2D eigenvalue weighted by atomic mass is 9.98. The number of carbonyl (C=O) groups excluding carboxylic acids is 4. The Labute approximate surface area is 256 Å². The first-order chi connectivity index (χ1) is 21.2. The minimum absolute atomic E-state index is 0.00228. The Hall–Kier alpha value is -4.89. The van der Waals surface area contributed by atoms with Crippen LogP contribution >= 0.6 is 0 Å². The van der Waals surface area contributed by atoms with Crippen molar-refractivity contribution in [3.05, 3.63) is 84.2 Å². The summed E-state index contributed by atoms with van der Waals surface area (Å²) >= 11 is 0. The average molecular weight is 605 g/mol. The number of terminal acetylenes is 1. The van der Waals surface area contributed by atoms with Gasteiger partial charge in [-0.05, 0) is 43.0 Å². The molecule has 2 fully saturated rings. The Kier molecular flexibility index (Phi) is 10.9. The fraction of sp³-hybridized carbons (Fsp3) is 0.375. The molecular weight excluding hydrogens is 567 g/mol. The van der Waals surface area contributed by atoms with Gasteiger partial charge in [0.2, 0.25) is 11.8 Å². The van der Waals surface area contributed by atoms with Crippen LogP contribution in [0, 0.1) is 18.2 Å². The number of hydrogen-bond acceptors (Lipinski definition) is 6. The SMILES string of the molecule is C#CCN1CC(=O)N2[C@@H](CCCNC(=O)OCC=C)C(=O)N(C(C)c3ccc(F)cc3)C[C@@H]2N1C(=O)NCc1ccccc1. The normalized spacial score (nSPS) is 19.1. The molecule has 0 bridgehead atoms. The minimum atomic E-state index is -0.924. The van der Waals surface area contributed by atoms with Crippen molar-refractivity contribution in [3.8, 4) is 12.3 Å². The van der Waals surface area contributed by atoms with E-state index in [1.54, 1.807) is 17.0 Å². The van der Waals surface area contributed by atoms with Gasteiger partial charge in [-0.3, -0.25) is 9.59 Å². The Morgan fingerprint density at radius 3 is 2.57 bits per heavy atom. The van der Waals surface area contributed by atoms with Crippen LogP contribution in [0.1, 0.15) is 36.9 Å². The molecule has 2 aromatic rings. The van der Waals surface area contributed by atoms with Crippen molar-refractivity contribution < 1.29 is 28.3 Å². The lowest BCUT2D eigenvalue weighted by Crippen LogP contribution is -2.76. The fourth-order valence-electron chi connectivity index (χ4n) is 5.47. The van der Waals surface area contributed by atoms with Crippen molar-refractivity contribution in [1.82, 2.24) is 30.5 Å². The van der Waals surface area contributed by atoms with Crippen molar-refractivity contribution >= 4 is 23.9 Å². The summed E-state index contributed by atoms with van der Waals surface area (Å²) in [5.74, 6) is 1.47. The molecule has 0 radical (unpaired) electrons. The zero-order chi connectivity index (χ0) is 31.6. The van der Waals surface area contributed by atoms with E-state index in [0.29, 0.717) is 12.0 Å². The first-order valence-electron chi connectivity index (χ1n) is 14.4. The molecule has 2 saturated heterocycles. The first kappa shape index (κ1) is 32.0. The lowest BCUT2D eigenvalue weighted by Gasteiger charge is -2.55. The maximum atomic E-state index is 14.0. The lowest BCUT2D eigenvalue weighted by molar-refractivity contribution is -0.191. The molecule has 11 nitrogen and oxygen atoms in total.